The van der Waals surface area contributed by atoms with Crippen LogP contribution in [0, 0.1) is 0 Å². The van der Waals surface area contributed by atoms with Crippen LogP contribution in [-0.4, -0.2) is 35.6 Å². The van der Waals surface area contributed by atoms with Crippen LogP contribution in [0.25, 0.3) is 0 Å². The van der Waals surface area contributed by atoms with E-state index in [4.69, 9.17) is 9.47 Å². The van der Waals surface area contributed by atoms with E-state index in [2.05, 4.69) is 9.47 Å². The van der Waals surface area contributed by atoms with Crippen molar-refractivity contribution in [3.05, 3.63) is 0 Å². The van der Waals surface area contributed by atoms with Crippen LogP contribution in [-0.2, 0) is 23.7 Å². The first-order chi connectivity index (χ1) is 9.56. The SMILES string of the molecule is CC(C)(C)OC(=O)OC(=O)OC(C)(C)C.CC(C)(C)O[C]=O. The number of hydrogen-bond donors (Lipinski definition) is 0. The predicted molar refractivity (Wildman–Crippen MR) is 80.1 cm³/mol. The highest BCUT2D eigenvalue weighted by Gasteiger charge is 2.24. The molecule has 7 heteroatoms. The number of carbonyl (C=O) groups is 2. The molecule has 0 aromatic heterocycles. The fourth-order valence-corrected chi connectivity index (χ4v) is 0.735. The molecule has 7 nitrogen and oxygen atoms in total. The third-order valence-electron chi connectivity index (χ3n) is 1.29. The Morgan fingerprint density at radius 3 is 1.14 bits per heavy atom. The van der Waals surface area contributed by atoms with Gasteiger partial charge in [-0.1, -0.05) is 0 Å². The smallest absolute Gasteiger partial charge is 0.452 e. The van der Waals surface area contributed by atoms with Gasteiger partial charge in [-0.2, -0.15) is 0 Å². The molecular formula is C15H27O7. The molecule has 129 valence electrons. The van der Waals surface area contributed by atoms with Gasteiger partial charge >= 0.3 is 18.8 Å². The first-order valence-electron chi connectivity index (χ1n) is 6.75. The molecule has 0 rings (SSSR count). The summed E-state index contributed by atoms with van der Waals surface area (Å²) >= 11 is 0. The van der Waals surface area contributed by atoms with Gasteiger partial charge in [0, 0.05) is 0 Å². The lowest BCUT2D eigenvalue weighted by molar-refractivity contribution is -0.0293. The van der Waals surface area contributed by atoms with Crippen LogP contribution in [0.2, 0.25) is 0 Å². The molecule has 0 saturated heterocycles. The van der Waals surface area contributed by atoms with Crippen LogP contribution in [0.4, 0.5) is 9.59 Å². The average molecular weight is 319 g/mol. The summed E-state index contributed by atoms with van der Waals surface area (Å²) in [5.41, 5.74) is -1.76. The van der Waals surface area contributed by atoms with E-state index < -0.39 is 23.5 Å². The second-order valence-corrected chi connectivity index (χ2v) is 7.33. The molecule has 0 amide bonds. The maximum absolute atomic E-state index is 11.0. The monoisotopic (exact) mass is 319 g/mol. The molecule has 22 heavy (non-hydrogen) atoms. The van der Waals surface area contributed by atoms with Crippen LogP contribution in [0.15, 0.2) is 0 Å². The van der Waals surface area contributed by atoms with E-state index in [9.17, 15) is 14.4 Å². The lowest BCUT2D eigenvalue weighted by atomic mass is 10.2. The molecule has 0 aromatic rings. The summed E-state index contributed by atoms with van der Waals surface area (Å²) in [6.45, 7) is 16.7. The Kier molecular flexibility index (Phi) is 8.80. The summed E-state index contributed by atoms with van der Waals surface area (Å²) < 4.78 is 18.2. The van der Waals surface area contributed by atoms with Crippen LogP contribution in [0.5, 0.6) is 0 Å². The van der Waals surface area contributed by atoms with Gasteiger partial charge in [0.05, 0.1) is 0 Å². The maximum atomic E-state index is 11.0. The lowest BCUT2D eigenvalue weighted by Crippen LogP contribution is -2.29. The summed E-state index contributed by atoms with van der Waals surface area (Å²) in [5, 5.41) is 0. The molecule has 0 fully saturated rings. The van der Waals surface area contributed by atoms with Crippen molar-refractivity contribution in [2.24, 2.45) is 0 Å². The minimum absolute atomic E-state index is 0.373. The topological polar surface area (TPSA) is 88.1 Å². The Labute approximate surface area is 132 Å². The summed E-state index contributed by atoms with van der Waals surface area (Å²) in [6.07, 6.45) is -2.12. The molecule has 1 radical (unpaired) electrons. The Hall–Kier alpha value is -1.79. The zero-order chi connectivity index (χ0) is 18.2. The summed E-state index contributed by atoms with van der Waals surface area (Å²) in [5.74, 6) is 0. The molecule has 0 saturated carbocycles. The normalized spacial score (nSPS) is 11.5. The standard InChI is InChI=1S/C10H18O5.C5H9O2/c1-9(2,3)14-7(11)13-8(12)15-10(4,5)6;1-5(2,3)7-4-6/h1-6H3;1-3H3. The minimum atomic E-state index is -1.06. The van der Waals surface area contributed by atoms with Gasteiger partial charge in [0.15, 0.2) is 0 Å². The van der Waals surface area contributed by atoms with Crippen molar-refractivity contribution < 1.29 is 33.3 Å². The maximum Gasteiger partial charge on any atom is 0.519 e. The van der Waals surface area contributed by atoms with Gasteiger partial charge in [-0.15, -0.1) is 0 Å². The Balaban J connectivity index is 0. The fraction of sp³-hybridized carbons (Fsp3) is 0.800. The van der Waals surface area contributed by atoms with E-state index in [1.165, 1.54) is 6.47 Å². The van der Waals surface area contributed by atoms with Gasteiger partial charge in [-0.25, -0.2) is 14.4 Å². The molecule has 0 bridgehead atoms. The number of ether oxygens (including phenoxy) is 4. The number of hydrogen-bond acceptors (Lipinski definition) is 7. The lowest BCUT2D eigenvalue weighted by Gasteiger charge is -2.20. The molecule has 0 heterocycles. The number of rotatable bonds is 1. The van der Waals surface area contributed by atoms with Gasteiger partial charge in [0.25, 0.3) is 0 Å². The highest BCUT2D eigenvalue weighted by atomic mass is 16.8. The highest BCUT2D eigenvalue weighted by molar-refractivity contribution is 5.77. The van der Waals surface area contributed by atoms with E-state index in [0.29, 0.717) is 0 Å². The predicted octanol–water partition coefficient (Wildman–Crippen LogP) is 3.74. The Bertz CT molecular complexity index is 341. The van der Waals surface area contributed by atoms with Crippen molar-refractivity contribution in [2.75, 3.05) is 0 Å². The average Bonchev–Trinajstić information content (AvgIpc) is 2.07. The molecule has 0 aliphatic heterocycles. The van der Waals surface area contributed by atoms with Crippen molar-refractivity contribution in [3.63, 3.8) is 0 Å². The third kappa shape index (κ3) is 20.5. The largest absolute Gasteiger partial charge is 0.519 e. The van der Waals surface area contributed by atoms with Crippen LogP contribution in [0.3, 0.4) is 0 Å². The zero-order valence-electron chi connectivity index (χ0n) is 14.9. The van der Waals surface area contributed by atoms with Crippen molar-refractivity contribution in [1.82, 2.24) is 0 Å². The second kappa shape index (κ2) is 8.60. The van der Waals surface area contributed by atoms with Crippen molar-refractivity contribution >= 4 is 18.8 Å². The Morgan fingerprint density at radius 2 is 1.00 bits per heavy atom. The van der Waals surface area contributed by atoms with Crippen molar-refractivity contribution in [1.29, 1.82) is 0 Å². The van der Waals surface area contributed by atoms with E-state index in [1.54, 1.807) is 62.3 Å². The molecule has 0 atom stereocenters. The van der Waals surface area contributed by atoms with E-state index in [-0.39, 0.29) is 5.60 Å². The quantitative estimate of drug-likeness (QED) is 0.413. The molecule has 0 aliphatic carbocycles. The van der Waals surface area contributed by atoms with Crippen LogP contribution >= 0.6 is 0 Å². The zero-order valence-corrected chi connectivity index (χ0v) is 14.9. The molecule has 0 N–H and O–H groups in total. The van der Waals surface area contributed by atoms with E-state index >= 15 is 0 Å². The highest BCUT2D eigenvalue weighted by Crippen LogP contribution is 2.11. The first kappa shape index (κ1) is 22.5. The van der Waals surface area contributed by atoms with Crippen LogP contribution in [0.1, 0.15) is 62.3 Å². The van der Waals surface area contributed by atoms with Gasteiger partial charge in [0.1, 0.15) is 16.8 Å². The van der Waals surface area contributed by atoms with E-state index in [0.717, 1.165) is 0 Å². The summed E-state index contributed by atoms with van der Waals surface area (Å²) in [7, 11) is 0. The first-order valence-corrected chi connectivity index (χ1v) is 6.75. The molecule has 0 aliphatic rings. The fourth-order valence-electron chi connectivity index (χ4n) is 0.735. The van der Waals surface area contributed by atoms with E-state index in [1.807, 2.05) is 0 Å². The van der Waals surface area contributed by atoms with Gasteiger partial charge in [0.2, 0.25) is 0 Å². The van der Waals surface area contributed by atoms with Crippen molar-refractivity contribution in [3.8, 4) is 0 Å². The second-order valence-electron chi connectivity index (χ2n) is 7.33. The van der Waals surface area contributed by atoms with Gasteiger partial charge < -0.3 is 18.9 Å². The molecule has 0 aromatic carbocycles. The van der Waals surface area contributed by atoms with Gasteiger partial charge in [-0.05, 0) is 62.3 Å². The molecule has 0 unspecified atom stereocenters. The van der Waals surface area contributed by atoms with Crippen LogP contribution < -0.4 is 0 Å². The molecule has 0 spiro atoms. The summed E-state index contributed by atoms with van der Waals surface area (Å²) in [4.78, 5) is 31.5. The minimum Gasteiger partial charge on any atom is -0.452 e. The van der Waals surface area contributed by atoms with Gasteiger partial charge in [-0.3, -0.25) is 0 Å². The number of carbonyl (C=O) groups excluding carboxylic acids is 3. The van der Waals surface area contributed by atoms with Crippen molar-refractivity contribution in [2.45, 2.75) is 79.1 Å². The summed E-state index contributed by atoms with van der Waals surface area (Å²) in [6, 6.07) is 0. The third-order valence-corrected chi connectivity index (χ3v) is 1.29. The Morgan fingerprint density at radius 1 is 0.682 bits per heavy atom. The molecular weight excluding hydrogens is 292 g/mol.